The Kier molecular flexibility index (Phi) is 6.52. The Bertz CT molecular complexity index is 929. The van der Waals surface area contributed by atoms with E-state index in [4.69, 9.17) is 4.74 Å². The number of aromatic nitrogens is 4. The highest BCUT2D eigenvalue weighted by Gasteiger charge is 2.20. The number of benzene rings is 1. The molecule has 8 heteroatoms. The third kappa shape index (κ3) is 4.65. The lowest BCUT2D eigenvalue weighted by Crippen LogP contribution is -2.38. The molecule has 0 unspecified atom stereocenters. The third-order valence-corrected chi connectivity index (χ3v) is 7.27. The van der Waals surface area contributed by atoms with Crippen LogP contribution in [0.4, 0.5) is 5.95 Å². The fourth-order valence-corrected chi connectivity index (χ4v) is 5.25. The number of thiazole rings is 1. The third-order valence-electron chi connectivity index (χ3n) is 5.03. The van der Waals surface area contributed by atoms with Gasteiger partial charge >= 0.3 is 0 Å². The Morgan fingerprint density at radius 1 is 1.14 bits per heavy atom. The molecule has 29 heavy (non-hydrogen) atoms. The first-order valence-electron chi connectivity index (χ1n) is 10.1. The molecule has 0 saturated carbocycles. The molecule has 0 spiro atoms. The maximum atomic E-state index is 5.45. The van der Waals surface area contributed by atoms with E-state index >= 15 is 0 Å². The molecule has 0 bridgehead atoms. The summed E-state index contributed by atoms with van der Waals surface area (Å²) >= 11 is 3.48. The van der Waals surface area contributed by atoms with E-state index in [-0.39, 0.29) is 0 Å². The SMILES string of the molecule is CCn1c(SCc2cnc(-c3ccc(C(C)C)cc3)s2)nnc1N1CCOCC1. The van der Waals surface area contributed by atoms with Crippen molar-refractivity contribution in [3.05, 3.63) is 40.9 Å². The molecular formula is C21H27N5OS2. The number of ether oxygens (including phenoxy) is 1. The molecule has 0 N–H and O–H groups in total. The molecule has 3 aromatic rings. The van der Waals surface area contributed by atoms with Gasteiger partial charge in [-0.15, -0.1) is 21.5 Å². The second-order valence-corrected chi connectivity index (χ2v) is 9.38. The number of hydrogen-bond donors (Lipinski definition) is 0. The predicted molar refractivity (Wildman–Crippen MR) is 120 cm³/mol. The summed E-state index contributed by atoms with van der Waals surface area (Å²) in [6.45, 7) is 10.7. The predicted octanol–water partition coefficient (Wildman–Crippen LogP) is 4.67. The maximum Gasteiger partial charge on any atom is 0.228 e. The number of rotatable bonds is 7. The molecule has 1 aliphatic heterocycles. The molecule has 6 nitrogen and oxygen atoms in total. The van der Waals surface area contributed by atoms with Gasteiger partial charge in [0.25, 0.3) is 0 Å². The van der Waals surface area contributed by atoms with Crippen LogP contribution < -0.4 is 4.90 Å². The minimum atomic E-state index is 0.547. The van der Waals surface area contributed by atoms with Crippen LogP contribution in [0.3, 0.4) is 0 Å². The van der Waals surface area contributed by atoms with Crippen LogP contribution in [-0.4, -0.2) is 46.1 Å². The highest BCUT2D eigenvalue weighted by molar-refractivity contribution is 7.98. The highest BCUT2D eigenvalue weighted by atomic mass is 32.2. The van der Waals surface area contributed by atoms with Gasteiger partial charge in [0, 0.05) is 42.0 Å². The molecule has 1 aromatic carbocycles. The summed E-state index contributed by atoms with van der Waals surface area (Å²) in [6, 6.07) is 8.75. The second-order valence-electron chi connectivity index (χ2n) is 7.32. The van der Waals surface area contributed by atoms with Crippen LogP contribution in [0.5, 0.6) is 0 Å². The van der Waals surface area contributed by atoms with E-state index in [9.17, 15) is 0 Å². The van der Waals surface area contributed by atoms with Gasteiger partial charge in [-0.05, 0) is 18.4 Å². The Labute approximate surface area is 180 Å². The van der Waals surface area contributed by atoms with Gasteiger partial charge in [-0.2, -0.15) is 0 Å². The number of hydrogen-bond acceptors (Lipinski definition) is 7. The van der Waals surface area contributed by atoms with Gasteiger partial charge in [-0.1, -0.05) is 49.9 Å². The van der Waals surface area contributed by atoms with Crippen LogP contribution in [0.25, 0.3) is 10.6 Å². The van der Waals surface area contributed by atoms with Crippen LogP contribution in [0.1, 0.15) is 37.1 Å². The molecule has 154 valence electrons. The van der Waals surface area contributed by atoms with Crippen molar-refractivity contribution in [3.63, 3.8) is 0 Å². The molecule has 1 aliphatic rings. The van der Waals surface area contributed by atoms with E-state index in [0.717, 1.165) is 54.7 Å². The van der Waals surface area contributed by atoms with Crippen molar-refractivity contribution < 1.29 is 4.74 Å². The summed E-state index contributed by atoms with van der Waals surface area (Å²) < 4.78 is 7.65. The maximum absolute atomic E-state index is 5.45. The van der Waals surface area contributed by atoms with Crippen molar-refractivity contribution in [1.29, 1.82) is 0 Å². The molecule has 4 rings (SSSR count). The van der Waals surface area contributed by atoms with E-state index in [1.807, 2.05) is 6.20 Å². The Morgan fingerprint density at radius 2 is 1.90 bits per heavy atom. The second kappa shape index (κ2) is 9.28. The summed E-state index contributed by atoms with van der Waals surface area (Å²) in [4.78, 5) is 8.14. The molecule has 1 saturated heterocycles. The average molecular weight is 430 g/mol. The van der Waals surface area contributed by atoms with E-state index < -0.39 is 0 Å². The van der Waals surface area contributed by atoms with Gasteiger partial charge in [-0.25, -0.2) is 4.98 Å². The smallest absolute Gasteiger partial charge is 0.228 e. The van der Waals surface area contributed by atoms with Gasteiger partial charge in [-0.3, -0.25) is 4.57 Å². The first-order valence-corrected chi connectivity index (χ1v) is 11.9. The van der Waals surface area contributed by atoms with Crippen molar-refractivity contribution in [2.75, 3.05) is 31.2 Å². The normalized spacial score (nSPS) is 14.7. The quantitative estimate of drug-likeness (QED) is 0.509. The Hall–Kier alpha value is -1.90. The van der Waals surface area contributed by atoms with E-state index in [0.29, 0.717) is 5.92 Å². The van der Waals surface area contributed by atoms with Crippen molar-refractivity contribution in [2.24, 2.45) is 0 Å². The van der Waals surface area contributed by atoms with Crippen LogP contribution in [-0.2, 0) is 17.0 Å². The summed E-state index contributed by atoms with van der Waals surface area (Å²) in [5.41, 5.74) is 2.54. The van der Waals surface area contributed by atoms with Crippen molar-refractivity contribution in [2.45, 2.75) is 44.1 Å². The number of nitrogens with zero attached hydrogens (tertiary/aromatic N) is 5. The zero-order valence-corrected chi connectivity index (χ0v) is 18.8. The first-order chi connectivity index (χ1) is 14.2. The fourth-order valence-electron chi connectivity index (χ4n) is 3.32. The van der Waals surface area contributed by atoms with Crippen LogP contribution in [0.15, 0.2) is 35.6 Å². The lowest BCUT2D eigenvalue weighted by molar-refractivity contribution is 0.121. The monoisotopic (exact) mass is 429 g/mol. The van der Waals surface area contributed by atoms with Gasteiger partial charge in [0.1, 0.15) is 5.01 Å². The van der Waals surface area contributed by atoms with E-state index in [2.05, 4.69) is 69.7 Å². The minimum absolute atomic E-state index is 0.547. The zero-order valence-electron chi connectivity index (χ0n) is 17.2. The van der Waals surface area contributed by atoms with E-state index in [1.165, 1.54) is 16.0 Å². The lowest BCUT2D eigenvalue weighted by Gasteiger charge is -2.27. The summed E-state index contributed by atoms with van der Waals surface area (Å²) in [6.07, 6.45) is 1.99. The molecule has 3 heterocycles. The zero-order chi connectivity index (χ0) is 20.2. The first kappa shape index (κ1) is 20.4. The number of morpholine rings is 1. The summed E-state index contributed by atoms with van der Waals surface area (Å²) in [7, 11) is 0. The fraction of sp³-hybridized carbons (Fsp3) is 0.476. The van der Waals surface area contributed by atoms with E-state index in [1.54, 1.807) is 23.1 Å². The molecule has 0 amide bonds. The molecule has 0 aliphatic carbocycles. The Balaban J connectivity index is 1.43. The van der Waals surface area contributed by atoms with Crippen LogP contribution >= 0.6 is 23.1 Å². The van der Waals surface area contributed by atoms with Gasteiger partial charge in [0.15, 0.2) is 5.16 Å². The van der Waals surface area contributed by atoms with Crippen LogP contribution in [0, 0.1) is 0 Å². The van der Waals surface area contributed by atoms with Crippen molar-refractivity contribution in [3.8, 4) is 10.6 Å². The topological polar surface area (TPSA) is 56.1 Å². The highest BCUT2D eigenvalue weighted by Crippen LogP contribution is 2.31. The van der Waals surface area contributed by atoms with Gasteiger partial charge in [0.05, 0.1) is 13.2 Å². The van der Waals surface area contributed by atoms with Gasteiger partial charge in [0.2, 0.25) is 5.95 Å². The molecular weight excluding hydrogens is 402 g/mol. The largest absolute Gasteiger partial charge is 0.378 e. The standard InChI is InChI=1S/C21H27N5OS2/c1-4-26-20(25-9-11-27-12-10-25)23-24-21(26)28-14-18-13-22-19(29-18)17-7-5-16(6-8-17)15(2)3/h5-8,13,15H,4,9-12,14H2,1-3H3. The lowest BCUT2D eigenvalue weighted by atomic mass is 10.0. The van der Waals surface area contributed by atoms with Crippen molar-refractivity contribution in [1.82, 2.24) is 19.7 Å². The number of anilines is 1. The summed E-state index contributed by atoms with van der Waals surface area (Å²) in [5, 5.41) is 10.9. The van der Waals surface area contributed by atoms with Crippen molar-refractivity contribution >= 4 is 29.0 Å². The number of thioether (sulfide) groups is 1. The summed E-state index contributed by atoms with van der Waals surface area (Å²) in [5.74, 6) is 2.35. The van der Waals surface area contributed by atoms with Gasteiger partial charge < -0.3 is 9.64 Å². The van der Waals surface area contributed by atoms with Crippen LogP contribution in [0.2, 0.25) is 0 Å². The minimum Gasteiger partial charge on any atom is -0.378 e. The average Bonchev–Trinajstić information content (AvgIpc) is 3.39. The Morgan fingerprint density at radius 3 is 2.59 bits per heavy atom. The molecule has 0 atom stereocenters. The molecule has 0 radical (unpaired) electrons. The molecule has 1 fully saturated rings. The molecule has 2 aromatic heterocycles.